The Balaban J connectivity index is 2.82. The SMILES string of the molecule is Cc1ccc(CC(O)C(F)(F)F)c(F)c1. The Morgan fingerprint density at radius 1 is 1.33 bits per heavy atom. The van der Waals surface area contributed by atoms with E-state index in [0.29, 0.717) is 5.56 Å². The first-order valence-electron chi connectivity index (χ1n) is 4.30. The molecule has 0 amide bonds. The van der Waals surface area contributed by atoms with Crippen molar-refractivity contribution in [3.05, 3.63) is 35.1 Å². The molecule has 0 radical (unpaired) electrons. The van der Waals surface area contributed by atoms with Gasteiger partial charge in [-0.1, -0.05) is 12.1 Å². The molecule has 1 unspecified atom stereocenters. The monoisotopic (exact) mass is 222 g/mol. The molecule has 0 saturated carbocycles. The molecule has 1 aromatic carbocycles. The first-order chi connectivity index (χ1) is 6.80. The van der Waals surface area contributed by atoms with Gasteiger partial charge in [0.1, 0.15) is 5.82 Å². The molecule has 84 valence electrons. The van der Waals surface area contributed by atoms with Crippen LogP contribution in [0.2, 0.25) is 0 Å². The normalized spacial score (nSPS) is 14.0. The van der Waals surface area contributed by atoms with E-state index in [9.17, 15) is 17.6 Å². The lowest BCUT2D eigenvalue weighted by atomic mass is 10.1. The van der Waals surface area contributed by atoms with E-state index in [1.165, 1.54) is 12.1 Å². The van der Waals surface area contributed by atoms with Gasteiger partial charge >= 0.3 is 6.18 Å². The summed E-state index contributed by atoms with van der Waals surface area (Å²) in [6, 6.07) is 3.89. The largest absolute Gasteiger partial charge is 0.414 e. The topological polar surface area (TPSA) is 20.2 Å². The van der Waals surface area contributed by atoms with Gasteiger partial charge < -0.3 is 5.11 Å². The summed E-state index contributed by atoms with van der Waals surface area (Å²) >= 11 is 0. The van der Waals surface area contributed by atoms with Crippen molar-refractivity contribution in [2.24, 2.45) is 0 Å². The molecule has 1 nitrogen and oxygen atoms in total. The molecule has 0 aliphatic carbocycles. The molecule has 1 N–H and O–H groups in total. The number of alkyl halides is 3. The summed E-state index contributed by atoms with van der Waals surface area (Å²) in [6.45, 7) is 1.63. The van der Waals surface area contributed by atoms with Crippen molar-refractivity contribution in [3.63, 3.8) is 0 Å². The van der Waals surface area contributed by atoms with Gasteiger partial charge in [0.2, 0.25) is 0 Å². The van der Waals surface area contributed by atoms with E-state index >= 15 is 0 Å². The maximum absolute atomic E-state index is 13.1. The van der Waals surface area contributed by atoms with Crippen molar-refractivity contribution in [3.8, 4) is 0 Å². The van der Waals surface area contributed by atoms with Gasteiger partial charge in [-0.15, -0.1) is 0 Å². The van der Waals surface area contributed by atoms with Gasteiger partial charge in [0.05, 0.1) is 0 Å². The Kier molecular flexibility index (Phi) is 3.34. The molecule has 1 atom stereocenters. The predicted octanol–water partition coefficient (Wildman–Crippen LogP) is 2.60. The average molecular weight is 222 g/mol. The predicted molar refractivity (Wildman–Crippen MR) is 46.9 cm³/mol. The van der Waals surface area contributed by atoms with Crippen molar-refractivity contribution < 1.29 is 22.7 Å². The summed E-state index contributed by atoms with van der Waals surface area (Å²) in [5.41, 5.74) is 0.489. The van der Waals surface area contributed by atoms with Crippen LogP contribution in [-0.4, -0.2) is 17.4 Å². The van der Waals surface area contributed by atoms with E-state index < -0.39 is 24.5 Å². The van der Waals surface area contributed by atoms with Crippen molar-refractivity contribution >= 4 is 0 Å². The summed E-state index contributed by atoms with van der Waals surface area (Å²) in [5, 5.41) is 8.74. The summed E-state index contributed by atoms with van der Waals surface area (Å²) in [5.74, 6) is -0.724. The van der Waals surface area contributed by atoms with Crippen LogP contribution in [0, 0.1) is 12.7 Å². The molecular weight excluding hydrogens is 212 g/mol. The molecule has 0 fully saturated rings. The van der Waals surface area contributed by atoms with Gasteiger partial charge in [0, 0.05) is 6.42 Å². The maximum Gasteiger partial charge on any atom is 0.414 e. The van der Waals surface area contributed by atoms with Gasteiger partial charge in [0.25, 0.3) is 0 Å². The zero-order chi connectivity index (χ0) is 11.6. The number of hydrogen-bond acceptors (Lipinski definition) is 1. The second-order valence-electron chi connectivity index (χ2n) is 3.36. The highest BCUT2D eigenvalue weighted by atomic mass is 19.4. The first-order valence-corrected chi connectivity index (χ1v) is 4.30. The van der Waals surface area contributed by atoms with Gasteiger partial charge in [-0.05, 0) is 24.1 Å². The third-order valence-electron chi connectivity index (χ3n) is 2.00. The van der Waals surface area contributed by atoms with Crippen LogP contribution in [0.25, 0.3) is 0 Å². The van der Waals surface area contributed by atoms with Crippen LogP contribution in [0.1, 0.15) is 11.1 Å². The van der Waals surface area contributed by atoms with Crippen LogP contribution in [0.4, 0.5) is 17.6 Å². The van der Waals surface area contributed by atoms with Crippen molar-refractivity contribution in [2.45, 2.75) is 25.6 Å². The van der Waals surface area contributed by atoms with Crippen LogP contribution >= 0.6 is 0 Å². The number of rotatable bonds is 2. The Morgan fingerprint density at radius 3 is 2.40 bits per heavy atom. The lowest BCUT2D eigenvalue weighted by Crippen LogP contribution is -2.30. The van der Waals surface area contributed by atoms with E-state index in [2.05, 4.69) is 0 Å². The lowest BCUT2D eigenvalue weighted by molar-refractivity contribution is -0.203. The number of aryl methyl sites for hydroxylation is 1. The summed E-state index contributed by atoms with van der Waals surface area (Å²) < 4.78 is 49.0. The molecule has 1 rings (SSSR count). The Labute approximate surface area is 84.3 Å². The third kappa shape index (κ3) is 3.20. The van der Waals surface area contributed by atoms with Crippen molar-refractivity contribution in [1.82, 2.24) is 0 Å². The van der Waals surface area contributed by atoms with Crippen LogP contribution in [0.3, 0.4) is 0 Å². The second kappa shape index (κ2) is 4.18. The molecule has 0 aromatic heterocycles. The van der Waals surface area contributed by atoms with E-state index in [-0.39, 0.29) is 5.56 Å². The van der Waals surface area contributed by atoms with Crippen LogP contribution < -0.4 is 0 Å². The molecule has 0 aliphatic heterocycles. The highest BCUT2D eigenvalue weighted by molar-refractivity contribution is 5.24. The Morgan fingerprint density at radius 2 is 1.93 bits per heavy atom. The molecular formula is C10H10F4O. The fourth-order valence-electron chi connectivity index (χ4n) is 1.14. The maximum atomic E-state index is 13.1. The molecule has 0 aliphatic rings. The molecule has 0 heterocycles. The summed E-state index contributed by atoms with van der Waals surface area (Å²) in [7, 11) is 0. The van der Waals surface area contributed by atoms with E-state index in [0.717, 1.165) is 6.07 Å². The fourth-order valence-corrected chi connectivity index (χ4v) is 1.14. The molecule has 0 spiro atoms. The lowest BCUT2D eigenvalue weighted by Gasteiger charge is -2.14. The highest BCUT2D eigenvalue weighted by Crippen LogP contribution is 2.24. The number of aliphatic hydroxyl groups excluding tert-OH is 1. The number of aliphatic hydroxyl groups is 1. The minimum atomic E-state index is -4.71. The number of hydrogen-bond donors (Lipinski definition) is 1. The Hall–Kier alpha value is -1.10. The van der Waals surface area contributed by atoms with Crippen LogP contribution in [0.15, 0.2) is 18.2 Å². The van der Waals surface area contributed by atoms with Crippen LogP contribution in [-0.2, 0) is 6.42 Å². The Bertz CT molecular complexity index is 346. The van der Waals surface area contributed by atoms with Crippen molar-refractivity contribution in [1.29, 1.82) is 0 Å². The molecule has 1 aromatic rings. The first kappa shape index (κ1) is 12.0. The highest BCUT2D eigenvalue weighted by Gasteiger charge is 2.38. The van der Waals surface area contributed by atoms with E-state index in [1.54, 1.807) is 6.92 Å². The molecule has 15 heavy (non-hydrogen) atoms. The van der Waals surface area contributed by atoms with Gasteiger partial charge in [-0.25, -0.2) is 4.39 Å². The average Bonchev–Trinajstić information content (AvgIpc) is 2.08. The zero-order valence-corrected chi connectivity index (χ0v) is 7.98. The third-order valence-corrected chi connectivity index (χ3v) is 2.00. The van der Waals surface area contributed by atoms with E-state index in [1.807, 2.05) is 0 Å². The van der Waals surface area contributed by atoms with Gasteiger partial charge in [0.15, 0.2) is 6.10 Å². The standard InChI is InChI=1S/C10H10F4O/c1-6-2-3-7(8(11)4-6)5-9(15)10(12,13)14/h2-4,9,15H,5H2,1H3. The zero-order valence-electron chi connectivity index (χ0n) is 7.98. The number of halogens is 4. The van der Waals surface area contributed by atoms with Crippen molar-refractivity contribution in [2.75, 3.05) is 0 Å². The minimum absolute atomic E-state index is 0.134. The molecule has 0 saturated heterocycles. The minimum Gasteiger partial charge on any atom is -0.383 e. The summed E-state index contributed by atoms with van der Waals surface area (Å²) in [4.78, 5) is 0. The van der Waals surface area contributed by atoms with E-state index in [4.69, 9.17) is 5.11 Å². The number of benzene rings is 1. The second-order valence-corrected chi connectivity index (χ2v) is 3.36. The quantitative estimate of drug-likeness (QED) is 0.762. The molecule has 0 bridgehead atoms. The smallest absolute Gasteiger partial charge is 0.383 e. The summed E-state index contributed by atoms with van der Waals surface area (Å²) in [6.07, 6.45) is -7.98. The molecule has 5 heteroatoms. The van der Waals surface area contributed by atoms with Gasteiger partial charge in [-0.2, -0.15) is 13.2 Å². The van der Waals surface area contributed by atoms with Crippen LogP contribution in [0.5, 0.6) is 0 Å². The fraction of sp³-hybridized carbons (Fsp3) is 0.400. The van der Waals surface area contributed by atoms with Gasteiger partial charge in [-0.3, -0.25) is 0 Å².